The Kier molecular flexibility index (Phi) is 3.89. The fraction of sp³-hybridized carbons (Fsp3) is 0.214. The first kappa shape index (κ1) is 12.5. The van der Waals surface area contributed by atoms with Crippen molar-refractivity contribution in [2.45, 2.75) is 6.54 Å². The van der Waals surface area contributed by atoms with E-state index in [1.54, 1.807) is 31.6 Å². The molecule has 0 unspecified atom stereocenters. The van der Waals surface area contributed by atoms with Crippen molar-refractivity contribution in [3.05, 3.63) is 48.0 Å². The number of aromatic nitrogens is 1. The molecular weight excluding hydrogens is 231 g/mol. The molecule has 1 N–H and O–H groups in total. The van der Waals surface area contributed by atoms with Crippen molar-refractivity contribution in [3.8, 4) is 16.9 Å². The molecule has 3 nitrogen and oxygen atoms in total. The summed E-state index contributed by atoms with van der Waals surface area (Å²) in [4.78, 5) is 4.04. The second-order valence-corrected chi connectivity index (χ2v) is 3.96. The van der Waals surface area contributed by atoms with Gasteiger partial charge in [0.2, 0.25) is 0 Å². The Balaban J connectivity index is 2.44. The van der Waals surface area contributed by atoms with E-state index < -0.39 is 0 Å². The quantitative estimate of drug-likeness (QED) is 0.900. The maximum Gasteiger partial charge on any atom is 0.137 e. The first-order valence-electron chi connectivity index (χ1n) is 5.67. The molecule has 0 radical (unpaired) electrons. The normalized spacial score (nSPS) is 10.4. The average Bonchev–Trinajstić information content (AvgIpc) is 2.41. The third-order valence-corrected chi connectivity index (χ3v) is 2.67. The van der Waals surface area contributed by atoms with Gasteiger partial charge in [0, 0.05) is 23.9 Å². The third kappa shape index (κ3) is 2.65. The number of halogens is 1. The number of hydrogen-bond donors (Lipinski definition) is 1. The summed E-state index contributed by atoms with van der Waals surface area (Å²) in [5.41, 5.74) is 2.27. The number of hydrogen-bond acceptors (Lipinski definition) is 3. The second-order valence-electron chi connectivity index (χ2n) is 3.96. The van der Waals surface area contributed by atoms with Gasteiger partial charge >= 0.3 is 0 Å². The highest BCUT2D eigenvalue weighted by atomic mass is 19.1. The highest BCUT2D eigenvalue weighted by molar-refractivity contribution is 5.65. The van der Waals surface area contributed by atoms with Gasteiger partial charge in [-0.2, -0.15) is 0 Å². The molecule has 0 fully saturated rings. The Morgan fingerprint density at radius 1 is 1.28 bits per heavy atom. The topological polar surface area (TPSA) is 34.2 Å². The van der Waals surface area contributed by atoms with E-state index >= 15 is 0 Å². The van der Waals surface area contributed by atoms with Crippen LogP contribution in [-0.4, -0.2) is 19.1 Å². The van der Waals surface area contributed by atoms with Crippen LogP contribution in [0, 0.1) is 5.82 Å². The van der Waals surface area contributed by atoms with Crippen LogP contribution in [0.3, 0.4) is 0 Å². The van der Waals surface area contributed by atoms with Crippen LogP contribution in [0.5, 0.6) is 5.75 Å². The van der Waals surface area contributed by atoms with Gasteiger partial charge < -0.3 is 10.1 Å². The van der Waals surface area contributed by atoms with Gasteiger partial charge in [0.15, 0.2) is 0 Å². The van der Waals surface area contributed by atoms with Gasteiger partial charge in [-0.25, -0.2) is 4.39 Å². The lowest BCUT2D eigenvalue weighted by Crippen LogP contribution is -2.05. The number of nitrogens with zero attached hydrogens (tertiary/aromatic N) is 1. The minimum absolute atomic E-state index is 0.259. The van der Waals surface area contributed by atoms with Gasteiger partial charge in [-0.3, -0.25) is 4.98 Å². The molecule has 0 saturated heterocycles. The predicted octanol–water partition coefficient (Wildman–Crippen LogP) is 2.62. The fourth-order valence-corrected chi connectivity index (χ4v) is 1.79. The lowest BCUT2D eigenvalue weighted by molar-refractivity contribution is 0.413. The number of rotatable bonds is 4. The predicted molar refractivity (Wildman–Crippen MR) is 68.9 cm³/mol. The maximum atomic E-state index is 13.8. The van der Waals surface area contributed by atoms with E-state index in [1.165, 1.54) is 6.07 Å². The van der Waals surface area contributed by atoms with E-state index in [2.05, 4.69) is 10.3 Å². The molecule has 1 aromatic heterocycles. The molecule has 18 heavy (non-hydrogen) atoms. The van der Waals surface area contributed by atoms with Crippen molar-refractivity contribution in [2.75, 3.05) is 14.2 Å². The van der Waals surface area contributed by atoms with E-state index in [9.17, 15) is 4.39 Å². The van der Waals surface area contributed by atoms with Crippen molar-refractivity contribution < 1.29 is 9.13 Å². The maximum absolute atomic E-state index is 13.8. The summed E-state index contributed by atoms with van der Waals surface area (Å²) in [5, 5.41) is 3.04. The van der Waals surface area contributed by atoms with Gasteiger partial charge in [0.25, 0.3) is 0 Å². The van der Waals surface area contributed by atoms with Gasteiger partial charge in [-0.05, 0) is 30.8 Å². The lowest BCUT2D eigenvalue weighted by Gasteiger charge is -2.08. The van der Waals surface area contributed by atoms with E-state index in [0.29, 0.717) is 23.4 Å². The van der Waals surface area contributed by atoms with E-state index in [1.807, 2.05) is 13.1 Å². The van der Waals surface area contributed by atoms with Gasteiger partial charge in [0.1, 0.15) is 11.6 Å². The zero-order chi connectivity index (χ0) is 13.0. The highest BCUT2D eigenvalue weighted by Crippen LogP contribution is 2.26. The Bertz CT molecular complexity index is 543. The van der Waals surface area contributed by atoms with Crippen LogP contribution >= 0.6 is 0 Å². The fourth-order valence-electron chi connectivity index (χ4n) is 1.79. The molecule has 0 bridgehead atoms. The molecule has 2 rings (SSSR count). The lowest BCUT2D eigenvalue weighted by atomic mass is 10.0. The summed E-state index contributed by atoms with van der Waals surface area (Å²) >= 11 is 0. The monoisotopic (exact) mass is 246 g/mol. The van der Waals surface area contributed by atoms with Crippen LogP contribution < -0.4 is 10.1 Å². The Labute approximate surface area is 106 Å². The first-order chi connectivity index (χ1) is 8.74. The summed E-state index contributed by atoms with van der Waals surface area (Å²) in [6, 6.07) is 6.83. The minimum Gasteiger partial charge on any atom is -0.495 e. The molecule has 0 amide bonds. The van der Waals surface area contributed by atoms with Crippen molar-refractivity contribution >= 4 is 0 Å². The molecule has 0 saturated carbocycles. The zero-order valence-corrected chi connectivity index (χ0v) is 10.4. The van der Waals surface area contributed by atoms with Gasteiger partial charge in [0.05, 0.1) is 13.3 Å². The molecule has 2 aromatic rings. The number of benzene rings is 1. The number of nitrogens with one attached hydrogen (secondary N) is 1. The summed E-state index contributed by atoms with van der Waals surface area (Å²) in [7, 11) is 3.42. The molecule has 0 spiro atoms. The second kappa shape index (κ2) is 5.60. The summed E-state index contributed by atoms with van der Waals surface area (Å²) in [6.07, 6.45) is 3.23. The van der Waals surface area contributed by atoms with Crippen molar-refractivity contribution in [3.63, 3.8) is 0 Å². The average molecular weight is 246 g/mol. The van der Waals surface area contributed by atoms with Crippen LogP contribution in [0.15, 0.2) is 36.7 Å². The SMILES string of the molecule is CNCc1ccc(F)c(-c2cncc(OC)c2)c1. The third-order valence-electron chi connectivity index (χ3n) is 2.67. The van der Waals surface area contributed by atoms with Crippen LogP contribution in [0.1, 0.15) is 5.56 Å². The Morgan fingerprint density at radius 3 is 2.83 bits per heavy atom. The van der Waals surface area contributed by atoms with Crippen molar-refractivity contribution in [1.29, 1.82) is 0 Å². The molecule has 0 aliphatic rings. The van der Waals surface area contributed by atoms with Crippen molar-refractivity contribution in [1.82, 2.24) is 10.3 Å². The molecule has 1 heterocycles. The molecule has 4 heteroatoms. The van der Waals surface area contributed by atoms with Gasteiger partial charge in [-0.15, -0.1) is 0 Å². The van der Waals surface area contributed by atoms with Gasteiger partial charge in [-0.1, -0.05) is 6.07 Å². The van der Waals surface area contributed by atoms with E-state index in [4.69, 9.17) is 4.74 Å². The van der Waals surface area contributed by atoms with E-state index in [0.717, 1.165) is 5.56 Å². The van der Waals surface area contributed by atoms with Crippen LogP contribution in [0.2, 0.25) is 0 Å². The number of methoxy groups -OCH3 is 1. The summed E-state index contributed by atoms with van der Waals surface area (Å²) in [5.74, 6) is 0.357. The molecule has 94 valence electrons. The summed E-state index contributed by atoms with van der Waals surface area (Å²) in [6.45, 7) is 0.699. The van der Waals surface area contributed by atoms with Crippen LogP contribution in [0.25, 0.3) is 11.1 Å². The molecular formula is C14H15FN2O. The van der Waals surface area contributed by atoms with Crippen LogP contribution in [-0.2, 0) is 6.54 Å². The molecule has 1 aromatic carbocycles. The minimum atomic E-state index is -0.259. The largest absolute Gasteiger partial charge is 0.495 e. The number of pyridine rings is 1. The Hall–Kier alpha value is -1.94. The zero-order valence-electron chi connectivity index (χ0n) is 10.4. The Morgan fingerprint density at radius 2 is 2.11 bits per heavy atom. The number of ether oxygens (including phenoxy) is 1. The standard InChI is InChI=1S/C14H15FN2O/c1-16-7-10-3-4-14(15)13(5-10)11-6-12(18-2)9-17-8-11/h3-6,8-9,16H,7H2,1-2H3. The van der Waals surface area contributed by atoms with Crippen molar-refractivity contribution in [2.24, 2.45) is 0 Å². The smallest absolute Gasteiger partial charge is 0.137 e. The summed E-state index contributed by atoms with van der Waals surface area (Å²) < 4.78 is 18.9. The van der Waals surface area contributed by atoms with E-state index in [-0.39, 0.29) is 5.82 Å². The highest BCUT2D eigenvalue weighted by Gasteiger charge is 2.07. The first-order valence-corrected chi connectivity index (χ1v) is 5.67. The molecule has 0 aliphatic carbocycles. The molecule has 0 atom stereocenters. The molecule has 0 aliphatic heterocycles. The van der Waals surface area contributed by atoms with Crippen LogP contribution in [0.4, 0.5) is 4.39 Å².